The van der Waals surface area contributed by atoms with Crippen molar-refractivity contribution in [1.82, 2.24) is 0 Å². The van der Waals surface area contributed by atoms with Crippen LogP contribution in [0.15, 0.2) is 59.8 Å². The number of ether oxygens (including phenoxy) is 3. The third kappa shape index (κ3) is 3.84. The zero-order chi connectivity index (χ0) is 22.0. The molecule has 0 unspecified atom stereocenters. The molecule has 0 saturated heterocycles. The van der Waals surface area contributed by atoms with Crippen LogP contribution in [0.1, 0.15) is 34.0 Å². The van der Waals surface area contributed by atoms with Crippen LogP contribution >= 0.6 is 0 Å². The monoisotopic (exact) mass is 417 g/mol. The lowest BCUT2D eigenvalue weighted by Gasteiger charge is -2.13. The van der Waals surface area contributed by atoms with Crippen molar-refractivity contribution in [1.29, 1.82) is 0 Å². The minimum Gasteiger partial charge on any atom is -0.493 e. The van der Waals surface area contributed by atoms with Gasteiger partial charge in [-0.15, -0.1) is 0 Å². The largest absolute Gasteiger partial charge is 0.493 e. The Kier molecular flexibility index (Phi) is 5.62. The second kappa shape index (κ2) is 8.52. The molecule has 0 aromatic heterocycles. The van der Waals surface area contributed by atoms with Crippen molar-refractivity contribution in [3.05, 3.63) is 76.9 Å². The molecule has 0 fully saturated rings. The second-order valence-electron chi connectivity index (χ2n) is 7.18. The Balaban J connectivity index is 1.54. The van der Waals surface area contributed by atoms with Crippen LogP contribution in [0.2, 0.25) is 0 Å². The molecule has 0 radical (unpaired) electrons. The molecule has 0 amide bonds. The predicted octanol–water partition coefficient (Wildman–Crippen LogP) is 4.86. The van der Waals surface area contributed by atoms with E-state index in [1.54, 1.807) is 0 Å². The highest BCUT2D eigenvalue weighted by Crippen LogP contribution is 2.39. The summed E-state index contributed by atoms with van der Waals surface area (Å²) in [6.45, 7) is 1.81. The van der Waals surface area contributed by atoms with E-state index in [0.29, 0.717) is 23.0 Å². The molecule has 1 aliphatic rings. The molecular formula is C25H23NO5. The van der Waals surface area contributed by atoms with Crippen LogP contribution in [0.5, 0.6) is 17.2 Å². The molecule has 6 heteroatoms. The van der Waals surface area contributed by atoms with Gasteiger partial charge in [-0.25, -0.2) is 4.79 Å². The van der Waals surface area contributed by atoms with E-state index in [4.69, 9.17) is 19.0 Å². The molecule has 0 saturated carbocycles. The van der Waals surface area contributed by atoms with Gasteiger partial charge >= 0.3 is 5.97 Å². The number of carbonyl (C=O) groups excluding carboxylic acids is 1. The second-order valence-corrected chi connectivity index (χ2v) is 7.18. The average Bonchev–Trinajstić information content (AvgIpc) is 3.18. The normalized spacial score (nSPS) is 12.1. The SMILES string of the molecule is COc1cc(C(=O)ON=C(C)c2ccc3c(c2)Cc2ccccc2-3)cc(OC)c1OC. The number of hydrogen-bond donors (Lipinski definition) is 0. The quantitative estimate of drug-likeness (QED) is 0.255. The number of benzene rings is 3. The Bertz CT molecular complexity index is 1160. The summed E-state index contributed by atoms with van der Waals surface area (Å²) in [4.78, 5) is 17.8. The first-order valence-electron chi connectivity index (χ1n) is 9.83. The molecular weight excluding hydrogens is 394 g/mol. The van der Waals surface area contributed by atoms with Gasteiger partial charge in [0, 0.05) is 0 Å². The van der Waals surface area contributed by atoms with Crippen LogP contribution in [-0.2, 0) is 11.3 Å². The first-order valence-corrected chi connectivity index (χ1v) is 9.83. The van der Waals surface area contributed by atoms with E-state index in [1.165, 1.54) is 55.7 Å². The fourth-order valence-corrected chi connectivity index (χ4v) is 3.78. The minimum absolute atomic E-state index is 0.246. The number of oxime groups is 1. The zero-order valence-electron chi connectivity index (χ0n) is 17.9. The van der Waals surface area contributed by atoms with Gasteiger partial charge in [0.05, 0.1) is 32.6 Å². The Hall–Kier alpha value is -3.80. The summed E-state index contributed by atoms with van der Waals surface area (Å²) in [5.74, 6) is 0.521. The van der Waals surface area contributed by atoms with Crippen molar-refractivity contribution >= 4 is 11.7 Å². The van der Waals surface area contributed by atoms with Crippen LogP contribution in [0.3, 0.4) is 0 Å². The molecule has 1 aliphatic carbocycles. The van der Waals surface area contributed by atoms with Crippen LogP contribution in [-0.4, -0.2) is 33.0 Å². The first-order chi connectivity index (χ1) is 15.0. The fraction of sp³-hybridized carbons (Fsp3) is 0.200. The zero-order valence-corrected chi connectivity index (χ0v) is 17.9. The maximum atomic E-state index is 12.6. The van der Waals surface area contributed by atoms with Gasteiger partial charge in [0.1, 0.15) is 0 Å². The lowest BCUT2D eigenvalue weighted by atomic mass is 10.0. The summed E-state index contributed by atoms with van der Waals surface area (Å²) >= 11 is 0. The fourth-order valence-electron chi connectivity index (χ4n) is 3.78. The Morgan fingerprint density at radius 1 is 0.806 bits per heavy atom. The van der Waals surface area contributed by atoms with Gasteiger partial charge in [0.25, 0.3) is 0 Å². The molecule has 4 rings (SSSR count). The van der Waals surface area contributed by atoms with Crippen LogP contribution in [0.25, 0.3) is 11.1 Å². The van der Waals surface area contributed by atoms with Gasteiger partial charge in [0.2, 0.25) is 5.75 Å². The summed E-state index contributed by atoms with van der Waals surface area (Å²) in [5, 5.41) is 4.05. The third-order valence-corrected chi connectivity index (χ3v) is 5.38. The Labute approximate surface area is 181 Å². The van der Waals surface area contributed by atoms with Gasteiger partial charge in [-0.05, 0) is 59.4 Å². The molecule has 6 nitrogen and oxygen atoms in total. The highest BCUT2D eigenvalue weighted by molar-refractivity contribution is 6.00. The summed E-state index contributed by atoms with van der Waals surface area (Å²) in [7, 11) is 4.48. The van der Waals surface area contributed by atoms with Gasteiger partial charge in [-0.2, -0.15) is 0 Å². The first kappa shape index (κ1) is 20.5. The van der Waals surface area contributed by atoms with Crippen molar-refractivity contribution in [3.8, 4) is 28.4 Å². The third-order valence-electron chi connectivity index (χ3n) is 5.38. The van der Waals surface area contributed by atoms with Gasteiger partial charge in [-0.1, -0.05) is 41.6 Å². The van der Waals surface area contributed by atoms with E-state index >= 15 is 0 Å². The highest BCUT2D eigenvalue weighted by Gasteiger charge is 2.20. The molecule has 0 bridgehead atoms. The van der Waals surface area contributed by atoms with Crippen molar-refractivity contribution < 1.29 is 23.8 Å². The highest BCUT2D eigenvalue weighted by atomic mass is 16.7. The predicted molar refractivity (Wildman–Crippen MR) is 118 cm³/mol. The molecule has 3 aromatic rings. The molecule has 0 atom stereocenters. The maximum Gasteiger partial charge on any atom is 0.366 e. The molecule has 0 heterocycles. The summed E-state index contributed by atoms with van der Waals surface area (Å²) in [6, 6.07) is 17.6. The van der Waals surface area contributed by atoms with Crippen molar-refractivity contribution in [2.75, 3.05) is 21.3 Å². The number of hydrogen-bond acceptors (Lipinski definition) is 6. The molecule has 0 spiro atoms. The molecule has 158 valence electrons. The van der Waals surface area contributed by atoms with Gasteiger partial charge < -0.3 is 19.0 Å². The number of fused-ring (bicyclic) bond motifs is 3. The number of methoxy groups -OCH3 is 3. The summed E-state index contributed by atoms with van der Waals surface area (Å²) in [6.07, 6.45) is 0.887. The minimum atomic E-state index is -0.618. The van der Waals surface area contributed by atoms with E-state index in [1.807, 2.05) is 13.0 Å². The Morgan fingerprint density at radius 3 is 2.16 bits per heavy atom. The molecule has 0 aliphatic heterocycles. The summed E-state index contributed by atoms with van der Waals surface area (Å²) in [5.41, 5.74) is 6.83. The van der Waals surface area contributed by atoms with Crippen molar-refractivity contribution in [3.63, 3.8) is 0 Å². The van der Waals surface area contributed by atoms with Crippen molar-refractivity contribution in [2.24, 2.45) is 5.16 Å². The van der Waals surface area contributed by atoms with Crippen LogP contribution < -0.4 is 14.2 Å². The Morgan fingerprint density at radius 2 is 1.48 bits per heavy atom. The smallest absolute Gasteiger partial charge is 0.366 e. The molecule has 0 N–H and O–H groups in total. The van der Waals surface area contributed by atoms with Gasteiger partial charge in [-0.3, -0.25) is 0 Å². The van der Waals surface area contributed by atoms with E-state index in [9.17, 15) is 4.79 Å². The van der Waals surface area contributed by atoms with E-state index < -0.39 is 5.97 Å². The average molecular weight is 417 g/mol. The standard InChI is InChI=1S/C25H23NO5/c1-15(16-9-10-21-18(11-16)12-17-7-5-6-8-20(17)21)26-31-25(27)19-13-22(28-2)24(30-4)23(14-19)29-3/h5-11,13-14H,12H2,1-4H3. The topological polar surface area (TPSA) is 66.4 Å². The molecule has 3 aromatic carbocycles. The van der Waals surface area contributed by atoms with Gasteiger partial charge in [0.15, 0.2) is 11.5 Å². The van der Waals surface area contributed by atoms with E-state index in [2.05, 4.69) is 41.6 Å². The lowest BCUT2D eigenvalue weighted by molar-refractivity contribution is 0.0515. The molecule has 31 heavy (non-hydrogen) atoms. The van der Waals surface area contributed by atoms with Crippen molar-refractivity contribution in [2.45, 2.75) is 13.3 Å². The van der Waals surface area contributed by atoms with Crippen LogP contribution in [0, 0.1) is 0 Å². The number of nitrogens with zero attached hydrogens (tertiary/aromatic N) is 1. The lowest BCUT2D eigenvalue weighted by Crippen LogP contribution is -2.06. The number of carbonyl (C=O) groups is 1. The maximum absolute atomic E-state index is 12.6. The van der Waals surface area contributed by atoms with Crippen LogP contribution in [0.4, 0.5) is 0 Å². The number of rotatable bonds is 6. The summed E-state index contributed by atoms with van der Waals surface area (Å²) < 4.78 is 15.8. The van der Waals surface area contributed by atoms with E-state index in [0.717, 1.165) is 12.0 Å². The van der Waals surface area contributed by atoms with E-state index in [-0.39, 0.29) is 5.56 Å².